The van der Waals surface area contributed by atoms with Crippen molar-refractivity contribution in [2.45, 2.75) is 31.5 Å². The molecule has 0 aliphatic carbocycles. The van der Waals surface area contributed by atoms with Gasteiger partial charge >= 0.3 is 0 Å². The summed E-state index contributed by atoms with van der Waals surface area (Å²) in [7, 11) is 0. The van der Waals surface area contributed by atoms with Crippen LogP contribution < -0.4 is 0 Å². The molecule has 1 rings (SSSR count). The van der Waals surface area contributed by atoms with Crippen LogP contribution in [-0.2, 0) is 4.74 Å². The van der Waals surface area contributed by atoms with E-state index in [0.29, 0.717) is 12.2 Å². The number of rotatable bonds is 2. The summed E-state index contributed by atoms with van der Waals surface area (Å²) in [6.45, 7) is 3.71. The Labute approximate surface area is 70.6 Å². The molecule has 0 aromatic carbocycles. The van der Waals surface area contributed by atoms with Crippen LogP contribution in [0.1, 0.15) is 19.3 Å². The third-order valence-electron chi connectivity index (χ3n) is 1.82. The molecule has 2 unspecified atom stereocenters. The zero-order valence-electron chi connectivity index (χ0n) is 6.05. The Kier molecular flexibility index (Phi) is 3.43. The Balaban J connectivity index is 2.31. The van der Waals surface area contributed by atoms with Crippen LogP contribution in [0.15, 0.2) is 12.7 Å². The number of alkyl halides is 1. The van der Waals surface area contributed by atoms with E-state index in [1.54, 1.807) is 0 Å². The highest BCUT2D eigenvalue weighted by Crippen LogP contribution is 2.20. The lowest BCUT2D eigenvalue weighted by molar-refractivity contribution is -0.0105. The van der Waals surface area contributed by atoms with E-state index in [2.05, 4.69) is 22.5 Å². The monoisotopic (exact) mass is 204 g/mol. The van der Waals surface area contributed by atoms with Gasteiger partial charge in [-0.2, -0.15) is 0 Å². The van der Waals surface area contributed by atoms with Crippen molar-refractivity contribution >= 4 is 15.9 Å². The van der Waals surface area contributed by atoms with Crippen LogP contribution in [0, 0.1) is 0 Å². The van der Waals surface area contributed by atoms with Crippen LogP contribution in [0.4, 0.5) is 0 Å². The normalized spacial score (nSPS) is 33.7. The molecular weight excluding hydrogens is 192 g/mol. The van der Waals surface area contributed by atoms with Crippen molar-refractivity contribution in [3.63, 3.8) is 0 Å². The highest BCUT2D eigenvalue weighted by atomic mass is 79.9. The molecule has 2 atom stereocenters. The maximum Gasteiger partial charge on any atom is 0.0757 e. The summed E-state index contributed by atoms with van der Waals surface area (Å²) in [5.41, 5.74) is 0. The van der Waals surface area contributed by atoms with Crippen LogP contribution >= 0.6 is 15.9 Å². The van der Waals surface area contributed by atoms with Crippen LogP contribution in [0.2, 0.25) is 0 Å². The van der Waals surface area contributed by atoms with Crippen molar-refractivity contribution in [1.29, 1.82) is 0 Å². The second-order valence-corrected chi connectivity index (χ2v) is 3.26. The molecule has 58 valence electrons. The molecule has 1 saturated heterocycles. The summed E-state index contributed by atoms with van der Waals surface area (Å²) in [6.07, 6.45) is 6.22. The summed E-state index contributed by atoms with van der Waals surface area (Å²) >= 11 is 3.41. The molecule has 0 saturated carbocycles. The van der Waals surface area contributed by atoms with Gasteiger partial charge in [0.2, 0.25) is 0 Å². The lowest BCUT2D eigenvalue weighted by Gasteiger charge is -2.26. The summed E-state index contributed by atoms with van der Waals surface area (Å²) < 4.78 is 5.62. The highest BCUT2D eigenvalue weighted by Gasteiger charge is 2.18. The lowest BCUT2D eigenvalue weighted by atomic mass is 10.1. The number of hydrogen-bond acceptors (Lipinski definition) is 1. The zero-order chi connectivity index (χ0) is 7.40. The minimum atomic E-state index is 0.302. The Hall–Kier alpha value is 0.180. The minimum Gasteiger partial charge on any atom is -0.370 e. The van der Waals surface area contributed by atoms with Gasteiger partial charge in [-0.25, -0.2) is 0 Å². The van der Waals surface area contributed by atoms with Gasteiger partial charge < -0.3 is 4.74 Å². The van der Waals surface area contributed by atoms with Crippen molar-refractivity contribution in [2.75, 3.05) is 5.33 Å². The van der Waals surface area contributed by atoms with Gasteiger partial charge in [0.05, 0.1) is 12.2 Å². The fraction of sp³-hybridized carbons (Fsp3) is 0.750. The highest BCUT2D eigenvalue weighted by molar-refractivity contribution is 9.09. The molecule has 0 aromatic heterocycles. The van der Waals surface area contributed by atoms with E-state index in [-0.39, 0.29) is 0 Å². The van der Waals surface area contributed by atoms with Crippen molar-refractivity contribution in [3.8, 4) is 0 Å². The first-order valence-corrected chi connectivity index (χ1v) is 4.83. The lowest BCUT2D eigenvalue weighted by Crippen LogP contribution is -2.26. The predicted octanol–water partition coefficient (Wildman–Crippen LogP) is 2.51. The van der Waals surface area contributed by atoms with Crippen LogP contribution in [0.25, 0.3) is 0 Å². The third kappa shape index (κ3) is 2.10. The van der Waals surface area contributed by atoms with Crippen molar-refractivity contribution in [3.05, 3.63) is 12.7 Å². The topological polar surface area (TPSA) is 9.23 Å². The first-order valence-electron chi connectivity index (χ1n) is 3.70. The standard InChI is InChI=1S/C8H13BrO/c1-2-7-4-3-5-8(6-9)10-7/h2,7-8H,1,3-6H2. The molecule has 1 nitrogen and oxygen atoms in total. The summed E-state index contributed by atoms with van der Waals surface area (Å²) in [4.78, 5) is 0. The van der Waals surface area contributed by atoms with E-state index in [4.69, 9.17) is 4.74 Å². The maximum absolute atomic E-state index is 5.62. The quantitative estimate of drug-likeness (QED) is 0.497. The molecule has 0 radical (unpaired) electrons. The molecular formula is C8H13BrO. The SMILES string of the molecule is C=CC1CCCC(CBr)O1. The van der Waals surface area contributed by atoms with E-state index in [9.17, 15) is 0 Å². The number of hydrogen-bond donors (Lipinski definition) is 0. The van der Waals surface area contributed by atoms with Gasteiger partial charge in [-0.15, -0.1) is 6.58 Å². The average Bonchev–Trinajstić information content (AvgIpc) is 2.05. The summed E-state index contributed by atoms with van der Waals surface area (Å²) in [6, 6.07) is 0. The molecule has 2 heteroatoms. The molecule has 1 fully saturated rings. The van der Waals surface area contributed by atoms with Gasteiger partial charge in [0.1, 0.15) is 0 Å². The zero-order valence-corrected chi connectivity index (χ0v) is 7.64. The predicted molar refractivity (Wildman–Crippen MR) is 46.5 cm³/mol. The second kappa shape index (κ2) is 4.14. The largest absolute Gasteiger partial charge is 0.370 e. The van der Waals surface area contributed by atoms with Crippen molar-refractivity contribution < 1.29 is 4.74 Å². The molecule has 1 aliphatic rings. The van der Waals surface area contributed by atoms with Crippen LogP contribution in [-0.4, -0.2) is 17.5 Å². The molecule has 1 heterocycles. The van der Waals surface area contributed by atoms with Crippen molar-refractivity contribution in [2.24, 2.45) is 0 Å². The van der Waals surface area contributed by atoms with E-state index in [0.717, 1.165) is 11.8 Å². The molecule has 0 amide bonds. The molecule has 0 N–H and O–H groups in total. The Bertz CT molecular complexity index is 114. The molecule has 10 heavy (non-hydrogen) atoms. The molecule has 1 aliphatic heterocycles. The van der Waals surface area contributed by atoms with Gasteiger partial charge in [-0.3, -0.25) is 0 Å². The Morgan fingerprint density at radius 2 is 2.40 bits per heavy atom. The van der Waals surface area contributed by atoms with E-state index >= 15 is 0 Å². The molecule has 0 aromatic rings. The van der Waals surface area contributed by atoms with E-state index < -0.39 is 0 Å². The fourth-order valence-corrected chi connectivity index (χ4v) is 1.69. The first kappa shape index (κ1) is 8.28. The van der Waals surface area contributed by atoms with Gasteiger partial charge in [-0.05, 0) is 19.3 Å². The average molecular weight is 205 g/mol. The van der Waals surface area contributed by atoms with Crippen molar-refractivity contribution in [1.82, 2.24) is 0 Å². The summed E-state index contributed by atoms with van der Waals surface area (Å²) in [5.74, 6) is 0. The van der Waals surface area contributed by atoms with Gasteiger partial charge in [-0.1, -0.05) is 22.0 Å². The molecule has 0 bridgehead atoms. The third-order valence-corrected chi connectivity index (χ3v) is 2.54. The maximum atomic E-state index is 5.62. The number of halogens is 1. The minimum absolute atomic E-state index is 0.302. The smallest absolute Gasteiger partial charge is 0.0757 e. The molecule has 0 spiro atoms. The Morgan fingerprint density at radius 3 is 3.00 bits per heavy atom. The van der Waals surface area contributed by atoms with Crippen LogP contribution in [0.3, 0.4) is 0 Å². The van der Waals surface area contributed by atoms with Gasteiger partial charge in [0, 0.05) is 5.33 Å². The van der Waals surface area contributed by atoms with E-state index in [1.807, 2.05) is 6.08 Å². The Morgan fingerprint density at radius 1 is 1.60 bits per heavy atom. The van der Waals surface area contributed by atoms with Gasteiger partial charge in [0.15, 0.2) is 0 Å². The fourth-order valence-electron chi connectivity index (χ4n) is 1.22. The van der Waals surface area contributed by atoms with Gasteiger partial charge in [0.25, 0.3) is 0 Å². The number of ether oxygens (including phenoxy) is 1. The van der Waals surface area contributed by atoms with E-state index in [1.165, 1.54) is 12.8 Å². The second-order valence-electron chi connectivity index (χ2n) is 2.62. The summed E-state index contributed by atoms with van der Waals surface area (Å²) in [5, 5.41) is 0.956. The van der Waals surface area contributed by atoms with Crippen LogP contribution in [0.5, 0.6) is 0 Å². The first-order chi connectivity index (χ1) is 4.86.